The zero-order valence-corrected chi connectivity index (χ0v) is 16.8. The van der Waals surface area contributed by atoms with Crippen molar-refractivity contribution in [1.82, 2.24) is 0 Å². The predicted molar refractivity (Wildman–Crippen MR) is 111 cm³/mol. The molecule has 1 heterocycles. The van der Waals surface area contributed by atoms with E-state index in [0.717, 1.165) is 18.8 Å². The smallest absolute Gasteiger partial charge is 0.119 e. The summed E-state index contributed by atoms with van der Waals surface area (Å²) < 4.78 is 10.9. The second-order valence-electron chi connectivity index (χ2n) is 7.54. The number of ether oxygens (including phenoxy) is 2. The Labute approximate surface area is 161 Å². The maximum Gasteiger partial charge on any atom is 0.119 e. The van der Waals surface area contributed by atoms with Gasteiger partial charge in [0.15, 0.2) is 0 Å². The quantitative estimate of drug-likeness (QED) is 0.183. The van der Waals surface area contributed by atoms with Gasteiger partial charge in [-0.25, -0.2) is 0 Å². The number of hydrogen-bond donors (Lipinski definition) is 0. The van der Waals surface area contributed by atoms with Crippen molar-refractivity contribution in [2.75, 3.05) is 13.2 Å². The van der Waals surface area contributed by atoms with Gasteiger partial charge in [0.05, 0.1) is 6.61 Å². The Hall–Kier alpha value is -1.28. The van der Waals surface area contributed by atoms with Crippen LogP contribution in [-0.2, 0) is 11.2 Å². The minimum Gasteiger partial charge on any atom is -0.491 e. The third kappa shape index (κ3) is 10.7. The number of allylic oxidation sites excluding steroid dienone is 2. The molecule has 0 saturated carbocycles. The van der Waals surface area contributed by atoms with Gasteiger partial charge in [0.2, 0.25) is 0 Å². The van der Waals surface area contributed by atoms with Crippen molar-refractivity contribution >= 4 is 0 Å². The SMILES string of the molecule is CCCCCCCCC=CCCCCCc1cccc(OCC2CO2)c1. The summed E-state index contributed by atoms with van der Waals surface area (Å²) in [6.45, 7) is 3.82. The highest BCUT2D eigenvalue weighted by Crippen LogP contribution is 2.18. The van der Waals surface area contributed by atoms with Crippen LogP contribution in [-0.4, -0.2) is 19.3 Å². The fraction of sp³-hybridized carbons (Fsp3) is 0.667. The van der Waals surface area contributed by atoms with Crippen molar-refractivity contribution in [3.05, 3.63) is 42.0 Å². The Balaban J connectivity index is 1.42. The van der Waals surface area contributed by atoms with E-state index in [2.05, 4.69) is 37.3 Å². The molecule has 2 nitrogen and oxygen atoms in total. The number of unbranched alkanes of at least 4 members (excludes halogenated alkanes) is 9. The molecule has 2 heteroatoms. The van der Waals surface area contributed by atoms with Crippen molar-refractivity contribution in [2.24, 2.45) is 0 Å². The van der Waals surface area contributed by atoms with E-state index in [4.69, 9.17) is 9.47 Å². The van der Waals surface area contributed by atoms with Crippen molar-refractivity contribution < 1.29 is 9.47 Å². The molecule has 1 saturated heterocycles. The van der Waals surface area contributed by atoms with E-state index in [0.29, 0.717) is 12.7 Å². The van der Waals surface area contributed by atoms with Crippen LogP contribution in [0.15, 0.2) is 36.4 Å². The van der Waals surface area contributed by atoms with Gasteiger partial charge in [0, 0.05) is 0 Å². The Morgan fingerprint density at radius 1 is 0.962 bits per heavy atom. The summed E-state index contributed by atoms with van der Waals surface area (Å²) in [6.07, 6.45) is 21.0. The molecule has 1 aromatic rings. The standard InChI is InChI=1S/C24H38O2/c1-2-3-4-5-6-7-8-9-10-11-12-13-14-16-22-17-15-18-23(19-22)25-20-24-21-26-24/h9-10,15,17-19,24H,2-8,11-14,16,20-21H2,1H3. The summed E-state index contributed by atoms with van der Waals surface area (Å²) in [5.74, 6) is 0.982. The average molecular weight is 359 g/mol. The topological polar surface area (TPSA) is 21.8 Å². The first kappa shape index (κ1) is 21.0. The Morgan fingerprint density at radius 2 is 1.65 bits per heavy atom. The van der Waals surface area contributed by atoms with Gasteiger partial charge in [-0.05, 0) is 56.2 Å². The van der Waals surface area contributed by atoms with E-state index in [1.165, 1.54) is 76.2 Å². The lowest BCUT2D eigenvalue weighted by Crippen LogP contribution is -2.04. The number of benzene rings is 1. The molecule has 26 heavy (non-hydrogen) atoms. The zero-order chi connectivity index (χ0) is 18.3. The minimum atomic E-state index is 0.327. The van der Waals surface area contributed by atoms with Gasteiger partial charge in [-0.2, -0.15) is 0 Å². The van der Waals surface area contributed by atoms with E-state index in [9.17, 15) is 0 Å². The van der Waals surface area contributed by atoms with Crippen LogP contribution in [0.4, 0.5) is 0 Å². The molecule has 1 aromatic carbocycles. The molecule has 1 aliphatic heterocycles. The largest absolute Gasteiger partial charge is 0.491 e. The van der Waals surface area contributed by atoms with Crippen LogP contribution >= 0.6 is 0 Å². The molecule has 1 unspecified atom stereocenters. The van der Waals surface area contributed by atoms with Crippen LogP contribution in [0.3, 0.4) is 0 Å². The second-order valence-corrected chi connectivity index (χ2v) is 7.54. The van der Waals surface area contributed by atoms with Crippen molar-refractivity contribution in [1.29, 1.82) is 0 Å². The molecule has 1 aliphatic rings. The summed E-state index contributed by atoms with van der Waals surface area (Å²) in [5, 5.41) is 0. The number of epoxide rings is 1. The monoisotopic (exact) mass is 358 g/mol. The van der Waals surface area contributed by atoms with Crippen molar-refractivity contribution in [2.45, 2.75) is 90.1 Å². The van der Waals surface area contributed by atoms with Crippen LogP contribution < -0.4 is 4.74 Å². The molecular formula is C24H38O2. The first-order chi connectivity index (χ1) is 12.9. The average Bonchev–Trinajstić information content (AvgIpc) is 3.49. The molecule has 0 bridgehead atoms. The minimum absolute atomic E-state index is 0.327. The lowest BCUT2D eigenvalue weighted by Gasteiger charge is -2.06. The molecule has 0 aromatic heterocycles. The van der Waals surface area contributed by atoms with Gasteiger partial charge in [0.25, 0.3) is 0 Å². The Morgan fingerprint density at radius 3 is 2.38 bits per heavy atom. The first-order valence-electron chi connectivity index (χ1n) is 10.9. The van der Waals surface area contributed by atoms with E-state index >= 15 is 0 Å². The normalized spacial score (nSPS) is 16.3. The van der Waals surface area contributed by atoms with E-state index in [-0.39, 0.29) is 0 Å². The molecule has 0 amide bonds. The fourth-order valence-electron chi connectivity index (χ4n) is 3.19. The maximum absolute atomic E-state index is 5.76. The van der Waals surface area contributed by atoms with Gasteiger partial charge >= 0.3 is 0 Å². The number of hydrogen-bond acceptors (Lipinski definition) is 2. The van der Waals surface area contributed by atoms with Crippen molar-refractivity contribution in [3.8, 4) is 5.75 Å². The van der Waals surface area contributed by atoms with Crippen LogP contribution in [0.25, 0.3) is 0 Å². The van der Waals surface area contributed by atoms with Crippen molar-refractivity contribution in [3.63, 3.8) is 0 Å². The highest BCUT2D eigenvalue weighted by Gasteiger charge is 2.22. The van der Waals surface area contributed by atoms with E-state index < -0.39 is 0 Å². The molecule has 2 rings (SSSR count). The molecule has 146 valence electrons. The predicted octanol–water partition coefficient (Wildman–Crippen LogP) is 6.87. The van der Waals surface area contributed by atoms with Crippen LogP contribution in [0.5, 0.6) is 5.75 Å². The number of rotatable bonds is 16. The summed E-state index contributed by atoms with van der Waals surface area (Å²) in [6, 6.07) is 8.54. The zero-order valence-electron chi connectivity index (χ0n) is 16.8. The summed E-state index contributed by atoms with van der Waals surface area (Å²) in [5.41, 5.74) is 1.39. The van der Waals surface area contributed by atoms with Crippen LogP contribution in [0.1, 0.15) is 83.1 Å². The second kappa shape index (κ2) is 13.9. The molecular weight excluding hydrogens is 320 g/mol. The molecule has 1 atom stereocenters. The molecule has 0 spiro atoms. The summed E-state index contributed by atoms with van der Waals surface area (Å²) in [4.78, 5) is 0. The van der Waals surface area contributed by atoms with Gasteiger partial charge < -0.3 is 9.47 Å². The molecule has 0 N–H and O–H groups in total. The third-order valence-corrected chi connectivity index (χ3v) is 4.96. The lowest BCUT2D eigenvalue weighted by molar-refractivity contribution is 0.263. The highest BCUT2D eigenvalue weighted by molar-refractivity contribution is 5.28. The summed E-state index contributed by atoms with van der Waals surface area (Å²) >= 11 is 0. The Bertz CT molecular complexity index is 491. The number of aryl methyl sites for hydroxylation is 1. The molecule has 0 radical (unpaired) electrons. The first-order valence-corrected chi connectivity index (χ1v) is 10.9. The molecule has 1 fully saturated rings. The maximum atomic E-state index is 5.76. The third-order valence-electron chi connectivity index (χ3n) is 4.96. The van der Waals surface area contributed by atoms with Crippen LogP contribution in [0, 0.1) is 0 Å². The van der Waals surface area contributed by atoms with Crippen LogP contribution in [0.2, 0.25) is 0 Å². The molecule has 0 aliphatic carbocycles. The van der Waals surface area contributed by atoms with Gasteiger partial charge in [-0.3, -0.25) is 0 Å². The lowest BCUT2D eigenvalue weighted by atomic mass is 10.1. The Kier molecular flexibility index (Phi) is 11.2. The highest BCUT2D eigenvalue weighted by atomic mass is 16.6. The van der Waals surface area contributed by atoms with Gasteiger partial charge in [-0.15, -0.1) is 0 Å². The van der Waals surface area contributed by atoms with Gasteiger partial charge in [0.1, 0.15) is 18.5 Å². The fourth-order valence-corrected chi connectivity index (χ4v) is 3.19. The van der Waals surface area contributed by atoms with Gasteiger partial charge in [-0.1, -0.05) is 69.7 Å². The summed E-state index contributed by atoms with van der Waals surface area (Å²) in [7, 11) is 0. The van der Waals surface area contributed by atoms with E-state index in [1.807, 2.05) is 6.07 Å². The van der Waals surface area contributed by atoms with E-state index in [1.54, 1.807) is 0 Å².